The Morgan fingerprint density at radius 3 is 0.959 bits per heavy atom. The van der Waals surface area contributed by atoms with Crippen molar-refractivity contribution in [2.75, 3.05) is 106 Å². The van der Waals surface area contributed by atoms with E-state index in [2.05, 4.69) is 114 Å². The average molecular weight is 1020 g/mol. The number of hydrogen-bond donors (Lipinski definition) is 0. The van der Waals surface area contributed by atoms with Gasteiger partial charge in [-0.25, -0.2) is 0 Å². The van der Waals surface area contributed by atoms with Crippen molar-refractivity contribution in [3.63, 3.8) is 0 Å². The molecule has 4 aromatic rings. The largest absolute Gasteiger partial charge is 0.491 e. The molecular formula is C64H94O10. The quantitative estimate of drug-likeness (QED) is 0.0557. The highest BCUT2D eigenvalue weighted by molar-refractivity contribution is 5.56. The van der Waals surface area contributed by atoms with Crippen molar-refractivity contribution >= 4 is 0 Å². The minimum atomic E-state index is 0.387. The number of benzene rings is 4. The highest BCUT2D eigenvalue weighted by Crippen LogP contribution is 2.39. The maximum absolute atomic E-state index is 6.93. The van der Waals surface area contributed by atoms with Gasteiger partial charge in [-0.05, 0) is 81.0 Å². The van der Waals surface area contributed by atoms with E-state index in [4.69, 9.17) is 47.4 Å². The van der Waals surface area contributed by atoms with Gasteiger partial charge in [-0.1, -0.05) is 166 Å². The van der Waals surface area contributed by atoms with Gasteiger partial charge in [-0.3, -0.25) is 0 Å². The summed E-state index contributed by atoms with van der Waals surface area (Å²) in [6.07, 6.45) is 14.6. The van der Waals surface area contributed by atoms with E-state index >= 15 is 0 Å². The average Bonchev–Trinajstić information content (AvgIpc) is 3.41. The van der Waals surface area contributed by atoms with E-state index in [1.807, 2.05) is 0 Å². The van der Waals surface area contributed by atoms with Gasteiger partial charge in [0.2, 0.25) is 0 Å². The molecule has 1 heterocycles. The van der Waals surface area contributed by atoms with Crippen LogP contribution < -0.4 is 18.9 Å². The van der Waals surface area contributed by atoms with Gasteiger partial charge in [0.15, 0.2) is 0 Å². The molecule has 74 heavy (non-hydrogen) atoms. The van der Waals surface area contributed by atoms with Gasteiger partial charge in [-0.2, -0.15) is 0 Å². The predicted molar refractivity (Wildman–Crippen MR) is 298 cm³/mol. The van der Waals surface area contributed by atoms with Crippen LogP contribution in [0.1, 0.15) is 150 Å². The number of para-hydroxylation sites is 4. The van der Waals surface area contributed by atoms with E-state index in [9.17, 15) is 0 Å². The van der Waals surface area contributed by atoms with Gasteiger partial charge in [0, 0.05) is 38.9 Å². The molecule has 0 aromatic heterocycles. The van der Waals surface area contributed by atoms with Gasteiger partial charge >= 0.3 is 0 Å². The highest BCUT2D eigenvalue weighted by Gasteiger charge is 2.23. The Hall–Kier alpha value is -4.16. The van der Waals surface area contributed by atoms with E-state index < -0.39 is 0 Å². The number of fused-ring (bicyclic) bond motifs is 2. The van der Waals surface area contributed by atoms with E-state index in [-0.39, 0.29) is 0 Å². The Morgan fingerprint density at radius 1 is 0.365 bits per heavy atom. The summed E-state index contributed by atoms with van der Waals surface area (Å²) in [4.78, 5) is 0. The summed E-state index contributed by atoms with van der Waals surface area (Å²) in [5.74, 6) is 6.10. The second kappa shape index (κ2) is 34.5. The second-order valence-corrected chi connectivity index (χ2v) is 20.5. The standard InChI is InChI=1S/C64H94O10/c1-7-17-49(9-3)41-51(11-5)47-69-35-39-73-63-57-23-15-24-58(63)44-54-20-14-22-56-46-60-26-16-25-59(64(60)74-40-36-70-48-52(12-6)42-50(10-4)18-8-2)45-55-21-13-19-53(43-57)61(55)71-37-33-67-31-29-65-27-28-66-30-32-68-34-38-72-62(54)56/h13-16,19-26,49-52H,7-12,17-18,27-48H2,1-6H3. The Bertz CT molecular complexity index is 1920. The third-order valence-corrected chi connectivity index (χ3v) is 15.0. The van der Waals surface area contributed by atoms with E-state index in [1.165, 1.54) is 51.4 Å². The highest BCUT2D eigenvalue weighted by atomic mass is 16.6. The molecular weight excluding hydrogens is 929 g/mol. The molecule has 2 aliphatic rings. The monoisotopic (exact) mass is 1020 g/mol. The first-order chi connectivity index (χ1) is 36.5. The summed E-state index contributed by atoms with van der Waals surface area (Å²) >= 11 is 0. The van der Waals surface area contributed by atoms with Crippen LogP contribution in [0, 0.1) is 23.7 Å². The molecule has 410 valence electrons. The van der Waals surface area contributed by atoms with Crippen molar-refractivity contribution in [1.29, 1.82) is 0 Å². The fourth-order valence-electron chi connectivity index (χ4n) is 10.7. The summed E-state index contributed by atoms with van der Waals surface area (Å²) in [5.41, 5.74) is 8.69. The van der Waals surface area contributed by atoms with Crippen molar-refractivity contribution in [1.82, 2.24) is 0 Å². The zero-order valence-electron chi connectivity index (χ0n) is 46.5. The van der Waals surface area contributed by atoms with Gasteiger partial charge in [0.1, 0.15) is 49.4 Å². The topological polar surface area (TPSA) is 92.3 Å². The molecule has 0 N–H and O–H groups in total. The summed E-state index contributed by atoms with van der Waals surface area (Å²) in [6, 6.07) is 26.2. The Morgan fingerprint density at radius 2 is 0.662 bits per heavy atom. The molecule has 0 amide bonds. The molecule has 0 radical (unpaired) electrons. The van der Waals surface area contributed by atoms with Crippen LogP contribution in [0.25, 0.3) is 0 Å². The molecule has 0 spiro atoms. The van der Waals surface area contributed by atoms with Crippen LogP contribution in [0.5, 0.6) is 23.0 Å². The first-order valence-corrected chi connectivity index (χ1v) is 28.9. The van der Waals surface area contributed by atoms with Crippen LogP contribution in [0.15, 0.2) is 72.8 Å². The van der Waals surface area contributed by atoms with Crippen molar-refractivity contribution in [3.8, 4) is 23.0 Å². The van der Waals surface area contributed by atoms with Crippen LogP contribution >= 0.6 is 0 Å². The number of rotatable bonds is 24. The molecule has 6 rings (SSSR count). The van der Waals surface area contributed by atoms with Crippen LogP contribution in [0.4, 0.5) is 0 Å². The zero-order chi connectivity index (χ0) is 52.0. The molecule has 0 fully saturated rings. The third-order valence-electron chi connectivity index (χ3n) is 15.0. The molecule has 10 bridgehead atoms. The van der Waals surface area contributed by atoms with Crippen molar-refractivity contribution in [3.05, 3.63) is 117 Å². The van der Waals surface area contributed by atoms with Crippen molar-refractivity contribution in [2.24, 2.45) is 23.7 Å². The Kier molecular flexibility index (Phi) is 27.5. The summed E-state index contributed by atoms with van der Waals surface area (Å²) < 4.78 is 64.0. The fraction of sp³-hybridized carbons (Fsp3) is 0.625. The first kappa shape index (κ1) is 59.1. The molecule has 0 saturated heterocycles. The molecule has 4 atom stereocenters. The van der Waals surface area contributed by atoms with Crippen LogP contribution in [0.2, 0.25) is 0 Å². The molecule has 10 heteroatoms. The van der Waals surface area contributed by atoms with E-state index in [1.54, 1.807) is 0 Å². The van der Waals surface area contributed by atoms with Crippen LogP contribution in [-0.2, 0) is 54.1 Å². The molecule has 10 nitrogen and oxygen atoms in total. The normalized spacial score (nSPS) is 16.8. The summed E-state index contributed by atoms with van der Waals surface area (Å²) in [7, 11) is 0. The lowest BCUT2D eigenvalue weighted by molar-refractivity contribution is -0.00706. The van der Waals surface area contributed by atoms with Gasteiger partial charge in [-0.15, -0.1) is 0 Å². The Balaban J connectivity index is 1.36. The summed E-state index contributed by atoms with van der Waals surface area (Å²) in [6.45, 7) is 21.7. The first-order valence-electron chi connectivity index (χ1n) is 28.9. The Labute approximate surface area is 446 Å². The van der Waals surface area contributed by atoms with E-state index in [0.29, 0.717) is 130 Å². The minimum absolute atomic E-state index is 0.387. The van der Waals surface area contributed by atoms with Gasteiger partial charge < -0.3 is 47.4 Å². The lowest BCUT2D eigenvalue weighted by atomic mass is 9.88. The van der Waals surface area contributed by atoms with Crippen LogP contribution in [0.3, 0.4) is 0 Å². The molecule has 1 aliphatic heterocycles. The van der Waals surface area contributed by atoms with Crippen molar-refractivity contribution in [2.45, 2.75) is 131 Å². The lowest BCUT2D eigenvalue weighted by Crippen LogP contribution is -2.17. The number of hydrogen-bond acceptors (Lipinski definition) is 10. The molecule has 4 unspecified atom stereocenters. The number of ether oxygens (including phenoxy) is 10. The molecule has 0 saturated carbocycles. The van der Waals surface area contributed by atoms with Gasteiger partial charge in [0.25, 0.3) is 0 Å². The maximum atomic E-state index is 6.93. The lowest BCUT2D eigenvalue weighted by Gasteiger charge is -2.23. The van der Waals surface area contributed by atoms with E-state index in [0.717, 1.165) is 105 Å². The molecule has 4 aromatic carbocycles. The predicted octanol–water partition coefficient (Wildman–Crippen LogP) is 13.5. The third kappa shape index (κ3) is 19.4. The minimum Gasteiger partial charge on any atom is -0.491 e. The fourth-order valence-corrected chi connectivity index (χ4v) is 10.7. The summed E-state index contributed by atoms with van der Waals surface area (Å²) in [5, 5.41) is 0. The maximum Gasteiger partial charge on any atom is 0.126 e. The van der Waals surface area contributed by atoms with Crippen molar-refractivity contribution < 1.29 is 47.4 Å². The second-order valence-electron chi connectivity index (χ2n) is 20.5. The molecule has 1 aliphatic carbocycles. The zero-order valence-corrected chi connectivity index (χ0v) is 46.5. The SMILES string of the molecule is CCCC(CC)CC(CC)COCCOc1c2cccc1Cc1cccc3c1OCCOCCOCCOCCOCCOc1c(cccc1Cc1cccc(c1OCCOCC(CC)CC(CC)CCC)C3)C2. The van der Waals surface area contributed by atoms with Gasteiger partial charge in [0.05, 0.1) is 66.1 Å². The van der Waals surface area contributed by atoms with Crippen LogP contribution in [-0.4, -0.2) is 106 Å². The smallest absolute Gasteiger partial charge is 0.126 e.